The molecule has 26 heavy (non-hydrogen) atoms. The van der Waals surface area contributed by atoms with E-state index >= 15 is 0 Å². The van der Waals surface area contributed by atoms with Crippen LogP contribution in [0.2, 0.25) is 0 Å². The van der Waals surface area contributed by atoms with E-state index in [0.29, 0.717) is 12.4 Å². The van der Waals surface area contributed by atoms with Gasteiger partial charge in [0.1, 0.15) is 12.9 Å². The van der Waals surface area contributed by atoms with Crippen LogP contribution >= 0.6 is 0 Å². The monoisotopic (exact) mass is 357 g/mol. The lowest BCUT2D eigenvalue weighted by atomic mass is 9.67. The number of aromatic nitrogens is 3. The van der Waals surface area contributed by atoms with Crippen LogP contribution in [0, 0.1) is 28.6 Å². The fourth-order valence-electron chi connectivity index (χ4n) is 3.03. The minimum absolute atomic E-state index is 0.111. The molecular formula is C17H23N7O2. The number of primary amides is 1. The van der Waals surface area contributed by atoms with E-state index in [2.05, 4.69) is 25.8 Å². The van der Waals surface area contributed by atoms with Gasteiger partial charge in [0.05, 0.1) is 17.4 Å². The molecule has 1 unspecified atom stereocenters. The van der Waals surface area contributed by atoms with Gasteiger partial charge in [-0.05, 0) is 24.8 Å². The molecule has 1 aliphatic carbocycles. The number of nitrogens with one attached hydrogen (secondary N) is 3. The van der Waals surface area contributed by atoms with Crippen LogP contribution in [0.4, 0.5) is 5.95 Å². The molecule has 0 bridgehead atoms. The third-order valence-electron chi connectivity index (χ3n) is 4.34. The van der Waals surface area contributed by atoms with Gasteiger partial charge < -0.3 is 16.4 Å². The first kappa shape index (κ1) is 19.2. The number of rotatable bonds is 8. The number of hydrogen-bond donors (Lipinski definition) is 4. The Balaban J connectivity index is 2.26. The maximum atomic E-state index is 12.6. The topological polar surface area (TPSA) is 150 Å². The number of amides is 2. The summed E-state index contributed by atoms with van der Waals surface area (Å²) in [6, 6.07) is 1.88. The number of carbonyl (C=O) groups excluding carboxylic acids is 2. The second-order valence-electron chi connectivity index (χ2n) is 6.62. The van der Waals surface area contributed by atoms with E-state index < -0.39 is 17.2 Å². The van der Waals surface area contributed by atoms with Crippen LogP contribution in [0.15, 0.2) is 30.3 Å². The Morgan fingerprint density at radius 3 is 2.77 bits per heavy atom. The molecular weight excluding hydrogens is 334 g/mol. The fourth-order valence-corrected chi connectivity index (χ4v) is 3.03. The van der Waals surface area contributed by atoms with Crippen molar-refractivity contribution < 1.29 is 9.59 Å². The summed E-state index contributed by atoms with van der Waals surface area (Å²) in [5, 5.41) is 20.7. The van der Waals surface area contributed by atoms with E-state index in [0.717, 1.165) is 5.70 Å². The number of nitrogens with two attached hydrogens (primary N) is 1. The van der Waals surface area contributed by atoms with Crippen molar-refractivity contribution >= 4 is 17.8 Å². The lowest BCUT2D eigenvalue weighted by Crippen LogP contribution is -2.49. The number of hydrogen-bond acceptors (Lipinski definition) is 6. The lowest BCUT2D eigenvalue weighted by molar-refractivity contribution is -0.138. The Labute approximate surface area is 151 Å². The Kier molecular flexibility index (Phi) is 6.11. The molecule has 0 spiro atoms. The quantitative estimate of drug-likeness (QED) is 0.506. The Morgan fingerprint density at radius 2 is 2.27 bits per heavy atom. The number of nitrogens with zero attached hydrogens (tertiary/aromatic N) is 3. The van der Waals surface area contributed by atoms with Gasteiger partial charge in [0.25, 0.3) is 0 Å². The molecule has 1 aromatic rings. The third kappa shape index (κ3) is 4.27. The molecule has 0 saturated carbocycles. The molecule has 138 valence electrons. The predicted molar refractivity (Wildman–Crippen MR) is 95.0 cm³/mol. The highest BCUT2D eigenvalue weighted by atomic mass is 16.2. The Bertz CT molecular complexity index is 746. The van der Waals surface area contributed by atoms with Gasteiger partial charge in [0, 0.05) is 5.70 Å². The van der Waals surface area contributed by atoms with E-state index in [9.17, 15) is 9.59 Å². The average Bonchev–Trinajstić information content (AvgIpc) is 3.11. The third-order valence-corrected chi connectivity index (χ3v) is 4.34. The van der Waals surface area contributed by atoms with Crippen LogP contribution in [0.25, 0.3) is 0 Å². The average molecular weight is 357 g/mol. The number of anilines is 1. The van der Waals surface area contributed by atoms with Crippen molar-refractivity contribution in [2.75, 3.05) is 11.9 Å². The number of nitriles is 1. The van der Waals surface area contributed by atoms with Gasteiger partial charge in [-0.2, -0.15) is 15.3 Å². The molecule has 1 aromatic heterocycles. The van der Waals surface area contributed by atoms with E-state index in [1.165, 1.54) is 6.33 Å². The van der Waals surface area contributed by atoms with Crippen LogP contribution < -0.4 is 16.4 Å². The highest BCUT2D eigenvalue weighted by Gasteiger charge is 2.46. The largest absolute Gasteiger partial charge is 0.369 e. The second kappa shape index (κ2) is 8.29. The summed E-state index contributed by atoms with van der Waals surface area (Å²) in [7, 11) is 0. The van der Waals surface area contributed by atoms with Gasteiger partial charge in [0.15, 0.2) is 0 Å². The minimum Gasteiger partial charge on any atom is -0.369 e. The molecule has 0 radical (unpaired) electrons. The molecule has 9 heteroatoms. The summed E-state index contributed by atoms with van der Waals surface area (Å²) >= 11 is 0. The van der Waals surface area contributed by atoms with Crippen molar-refractivity contribution in [3.8, 4) is 6.07 Å². The normalized spacial score (nSPS) is 20.2. The SMILES string of the molecule is CC(C)C[C@H](C(=O)NCC#N)C1(C(N)=O)C=CC(Nc2ncn[nH]2)=CC1. The number of carbonyl (C=O) groups is 2. The van der Waals surface area contributed by atoms with Crippen LogP contribution in [-0.2, 0) is 9.59 Å². The molecule has 0 fully saturated rings. The summed E-state index contributed by atoms with van der Waals surface area (Å²) < 4.78 is 0. The van der Waals surface area contributed by atoms with Crippen LogP contribution in [0.1, 0.15) is 26.7 Å². The molecule has 5 N–H and O–H groups in total. The van der Waals surface area contributed by atoms with Crippen molar-refractivity contribution in [2.24, 2.45) is 23.0 Å². The molecule has 2 rings (SSSR count). The summed E-state index contributed by atoms with van der Waals surface area (Å²) in [6.45, 7) is 3.83. The maximum Gasteiger partial charge on any atom is 0.228 e. The first-order valence-corrected chi connectivity index (χ1v) is 8.35. The van der Waals surface area contributed by atoms with Crippen molar-refractivity contribution in [3.63, 3.8) is 0 Å². The number of H-pyrrole nitrogens is 1. The zero-order valence-corrected chi connectivity index (χ0v) is 14.8. The summed E-state index contributed by atoms with van der Waals surface area (Å²) in [5.41, 5.74) is 5.29. The summed E-state index contributed by atoms with van der Waals surface area (Å²) in [6.07, 6.45) is 7.31. The molecule has 1 aliphatic rings. The molecule has 0 aromatic carbocycles. The molecule has 9 nitrogen and oxygen atoms in total. The van der Waals surface area contributed by atoms with Crippen molar-refractivity contribution in [3.05, 3.63) is 30.3 Å². The molecule has 2 atom stereocenters. The number of allylic oxidation sites excluding steroid dienone is 2. The summed E-state index contributed by atoms with van der Waals surface area (Å²) in [4.78, 5) is 28.9. The Morgan fingerprint density at radius 1 is 1.50 bits per heavy atom. The minimum atomic E-state index is -1.14. The van der Waals surface area contributed by atoms with Gasteiger partial charge in [-0.3, -0.25) is 9.59 Å². The smallest absolute Gasteiger partial charge is 0.228 e. The molecule has 0 aliphatic heterocycles. The predicted octanol–water partition coefficient (Wildman–Crippen LogP) is 0.834. The lowest BCUT2D eigenvalue weighted by Gasteiger charge is -2.37. The second-order valence-corrected chi connectivity index (χ2v) is 6.62. The van der Waals surface area contributed by atoms with Gasteiger partial charge in [-0.25, -0.2) is 5.10 Å². The number of aromatic amines is 1. The van der Waals surface area contributed by atoms with Crippen LogP contribution in [-0.4, -0.2) is 33.5 Å². The van der Waals surface area contributed by atoms with E-state index in [1.54, 1.807) is 18.2 Å². The molecule has 1 heterocycles. The van der Waals surface area contributed by atoms with Crippen LogP contribution in [0.5, 0.6) is 0 Å². The van der Waals surface area contributed by atoms with E-state index in [1.807, 2.05) is 19.9 Å². The van der Waals surface area contributed by atoms with Gasteiger partial charge in [-0.1, -0.05) is 26.0 Å². The zero-order chi connectivity index (χ0) is 19.2. The first-order valence-electron chi connectivity index (χ1n) is 8.35. The van der Waals surface area contributed by atoms with Gasteiger partial charge in [-0.15, -0.1) is 0 Å². The fraction of sp³-hybridized carbons (Fsp3) is 0.471. The van der Waals surface area contributed by atoms with E-state index in [4.69, 9.17) is 11.0 Å². The highest BCUT2D eigenvalue weighted by Crippen LogP contribution is 2.40. The first-order chi connectivity index (χ1) is 12.4. The van der Waals surface area contributed by atoms with Crippen molar-refractivity contribution in [1.29, 1.82) is 5.26 Å². The molecule has 0 saturated heterocycles. The van der Waals surface area contributed by atoms with Crippen molar-refractivity contribution in [1.82, 2.24) is 20.5 Å². The maximum absolute atomic E-state index is 12.6. The zero-order valence-electron chi connectivity index (χ0n) is 14.8. The van der Waals surface area contributed by atoms with E-state index in [-0.39, 0.29) is 24.8 Å². The molecule has 2 amide bonds. The van der Waals surface area contributed by atoms with Gasteiger partial charge >= 0.3 is 0 Å². The summed E-state index contributed by atoms with van der Waals surface area (Å²) in [5.74, 6) is -0.925. The standard InChI is InChI=1S/C17H23N7O2/c1-11(2)9-13(14(25)20-8-7-18)17(15(19)26)5-3-12(4-6-17)23-16-21-10-22-24-16/h3-5,10-11,13H,6,8-9H2,1-2H3,(H2,19,26)(H,20,25)(H2,21,22,23,24)/t13-,17?/m1/s1. The van der Waals surface area contributed by atoms with Crippen LogP contribution in [0.3, 0.4) is 0 Å². The van der Waals surface area contributed by atoms with Gasteiger partial charge in [0.2, 0.25) is 17.8 Å². The Hall–Kier alpha value is -3.15. The van der Waals surface area contributed by atoms with Crippen molar-refractivity contribution in [2.45, 2.75) is 26.7 Å². The highest BCUT2D eigenvalue weighted by molar-refractivity contribution is 5.92.